The summed E-state index contributed by atoms with van der Waals surface area (Å²) in [6.45, 7) is 3.15. The summed E-state index contributed by atoms with van der Waals surface area (Å²) in [6.07, 6.45) is 6.64. The van der Waals surface area contributed by atoms with E-state index in [1.165, 1.54) is 25.7 Å². The van der Waals surface area contributed by atoms with Gasteiger partial charge in [-0.25, -0.2) is 0 Å². The molecule has 0 aromatic heterocycles. The van der Waals surface area contributed by atoms with Crippen molar-refractivity contribution < 1.29 is 0 Å². The minimum Gasteiger partial charge on any atom is -0.370 e. The Morgan fingerprint density at radius 2 is 1.85 bits per heavy atom. The molecule has 1 saturated carbocycles. The zero-order valence-corrected chi connectivity index (χ0v) is 8.50. The van der Waals surface area contributed by atoms with Gasteiger partial charge in [0, 0.05) is 6.54 Å². The van der Waals surface area contributed by atoms with Crippen LogP contribution in [0.1, 0.15) is 39.0 Å². The molecule has 13 heavy (non-hydrogen) atoms. The third-order valence-corrected chi connectivity index (χ3v) is 2.97. The van der Waals surface area contributed by atoms with Gasteiger partial charge in [-0.2, -0.15) is 0 Å². The van der Waals surface area contributed by atoms with Crippen molar-refractivity contribution in [1.29, 1.82) is 0 Å². The SMILES string of the molecule is CC1CCC(CCN=C(N)N)CC1. The van der Waals surface area contributed by atoms with Crippen molar-refractivity contribution in [3.63, 3.8) is 0 Å². The first-order valence-corrected chi connectivity index (χ1v) is 5.24. The van der Waals surface area contributed by atoms with E-state index in [4.69, 9.17) is 11.5 Å². The molecular weight excluding hydrogens is 162 g/mol. The molecule has 4 N–H and O–H groups in total. The Morgan fingerprint density at radius 3 is 2.38 bits per heavy atom. The molecule has 1 aliphatic rings. The smallest absolute Gasteiger partial charge is 0.185 e. The standard InChI is InChI=1S/C10H21N3/c1-8-2-4-9(5-3-8)6-7-13-10(11)12/h8-9H,2-7H2,1H3,(H4,11,12,13). The van der Waals surface area contributed by atoms with Gasteiger partial charge in [-0.15, -0.1) is 0 Å². The zero-order valence-electron chi connectivity index (χ0n) is 8.50. The molecule has 0 bridgehead atoms. The number of nitrogens with zero attached hydrogens (tertiary/aromatic N) is 1. The lowest BCUT2D eigenvalue weighted by Gasteiger charge is -2.25. The Balaban J connectivity index is 2.12. The van der Waals surface area contributed by atoms with Gasteiger partial charge >= 0.3 is 0 Å². The summed E-state index contributed by atoms with van der Waals surface area (Å²) in [4.78, 5) is 4.01. The normalized spacial score (nSPS) is 28.4. The van der Waals surface area contributed by atoms with Crippen molar-refractivity contribution in [1.82, 2.24) is 0 Å². The first kappa shape index (κ1) is 10.4. The maximum atomic E-state index is 5.26. The van der Waals surface area contributed by atoms with Crippen molar-refractivity contribution in [3.8, 4) is 0 Å². The molecule has 1 rings (SSSR count). The Labute approximate surface area is 80.6 Å². The number of aliphatic imine (C=N–C) groups is 1. The third kappa shape index (κ3) is 4.15. The van der Waals surface area contributed by atoms with Crippen LogP contribution in [0.3, 0.4) is 0 Å². The molecule has 0 aromatic carbocycles. The first-order chi connectivity index (χ1) is 6.18. The van der Waals surface area contributed by atoms with Gasteiger partial charge in [0.05, 0.1) is 0 Å². The quantitative estimate of drug-likeness (QED) is 0.514. The van der Waals surface area contributed by atoms with Gasteiger partial charge in [0.1, 0.15) is 0 Å². The van der Waals surface area contributed by atoms with Crippen molar-refractivity contribution >= 4 is 5.96 Å². The van der Waals surface area contributed by atoms with Crippen LogP contribution in [0.15, 0.2) is 4.99 Å². The lowest BCUT2D eigenvalue weighted by atomic mass is 9.81. The zero-order chi connectivity index (χ0) is 9.68. The summed E-state index contributed by atoms with van der Waals surface area (Å²) in [5, 5.41) is 0. The van der Waals surface area contributed by atoms with Gasteiger partial charge in [0.2, 0.25) is 0 Å². The highest BCUT2D eigenvalue weighted by atomic mass is 15.0. The van der Waals surface area contributed by atoms with E-state index in [-0.39, 0.29) is 5.96 Å². The third-order valence-electron chi connectivity index (χ3n) is 2.97. The molecule has 0 aliphatic heterocycles. The largest absolute Gasteiger partial charge is 0.370 e. The Bertz CT molecular complexity index is 165. The maximum Gasteiger partial charge on any atom is 0.185 e. The van der Waals surface area contributed by atoms with Gasteiger partial charge in [-0.05, 0) is 18.3 Å². The average molecular weight is 183 g/mol. The molecule has 0 saturated heterocycles. The molecule has 0 heterocycles. The summed E-state index contributed by atoms with van der Waals surface area (Å²) >= 11 is 0. The van der Waals surface area contributed by atoms with Crippen LogP contribution in [-0.4, -0.2) is 12.5 Å². The lowest BCUT2D eigenvalue weighted by molar-refractivity contribution is 0.280. The van der Waals surface area contributed by atoms with E-state index in [1.807, 2.05) is 0 Å². The summed E-state index contributed by atoms with van der Waals surface area (Å²) in [7, 11) is 0. The molecule has 0 spiro atoms. The van der Waals surface area contributed by atoms with E-state index in [0.29, 0.717) is 0 Å². The minimum absolute atomic E-state index is 0.226. The second-order valence-corrected chi connectivity index (χ2v) is 4.22. The van der Waals surface area contributed by atoms with E-state index >= 15 is 0 Å². The molecule has 3 heteroatoms. The number of guanidine groups is 1. The molecule has 0 unspecified atom stereocenters. The summed E-state index contributed by atoms with van der Waals surface area (Å²) < 4.78 is 0. The lowest BCUT2D eigenvalue weighted by Crippen LogP contribution is -2.23. The summed E-state index contributed by atoms with van der Waals surface area (Å²) in [6, 6.07) is 0. The number of hydrogen-bond donors (Lipinski definition) is 2. The van der Waals surface area contributed by atoms with Crippen LogP contribution >= 0.6 is 0 Å². The monoisotopic (exact) mass is 183 g/mol. The highest BCUT2D eigenvalue weighted by molar-refractivity contribution is 5.75. The van der Waals surface area contributed by atoms with Crippen LogP contribution in [0.25, 0.3) is 0 Å². The van der Waals surface area contributed by atoms with E-state index in [0.717, 1.165) is 24.8 Å². The predicted octanol–water partition coefficient (Wildman–Crippen LogP) is 1.48. The van der Waals surface area contributed by atoms with Crippen LogP contribution in [0.4, 0.5) is 0 Å². The molecule has 0 aromatic rings. The van der Waals surface area contributed by atoms with Crippen molar-refractivity contribution in [3.05, 3.63) is 0 Å². The molecule has 0 atom stereocenters. The fourth-order valence-corrected chi connectivity index (χ4v) is 1.99. The fourth-order valence-electron chi connectivity index (χ4n) is 1.99. The topological polar surface area (TPSA) is 64.4 Å². The molecule has 3 nitrogen and oxygen atoms in total. The number of hydrogen-bond acceptors (Lipinski definition) is 1. The van der Waals surface area contributed by atoms with E-state index in [9.17, 15) is 0 Å². The molecule has 1 fully saturated rings. The molecule has 0 amide bonds. The number of rotatable bonds is 3. The van der Waals surface area contributed by atoms with Crippen LogP contribution in [0.5, 0.6) is 0 Å². The van der Waals surface area contributed by atoms with Crippen LogP contribution in [0.2, 0.25) is 0 Å². The molecule has 0 radical (unpaired) electrons. The summed E-state index contributed by atoms with van der Waals surface area (Å²) in [5.41, 5.74) is 10.5. The number of nitrogens with two attached hydrogens (primary N) is 2. The highest BCUT2D eigenvalue weighted by Crippen LogP contribution is 2.30. The van der Waals surface area contributed by atoms with Crippen molar-refractivity contribution in [2.75, 3.05) is 6.54 Å². The Morgan fingerprint density at radius 1 is 1.23 bits per heavy atom. The van der Waals surface area contributed by atoms with Gasteiger partial charge in [-0.3, -0.25) is 4.99 Å². The van der Waals surface area contributed by atoms with Crippen molar-refractivity contribution in [2.45, 2.75) is 39.0 Å². The fraction of sp³-hybridized carbons (Fsp3) is 0.900. The molecule has 76 valence electrons. The van der Waals surface area contributed by atoms with Gasteiger partial charge < -0.3 is 11.5 Å². The van der Waals surface area contributed by atoms with Crippen LogP contribution in [0, 0.1) is 11.8 Å². The van der Waals surface area contributed by atoms with Crippen LogP contribution < -0.4 is 11.5 Å². The molecule has 1 aliphatic carbocycles. The average Bonchev–Trinajstić information content (AvgIpc) is 2.08. The first-order valence-electron chi connectivity index (χ1n) is 5.24. The maximum absolute atomic E-state index is 5.26. The Hall–Kier alpha value is -0.730. The van der Waals surface area contributed by atoms with Gasteiger partial charge in [0.15, 0.2) is 5.96 Å². The second-order valence-electron chi connectivity index (χ2n) is 4.22. The van der Waals surface area contributed by atoms with Gasteiger partial charge in [0.25, 0.3) is 0 Å². The van der Waals surface area contributed by atoms with E-state index in [1.54, 1.807) is 0 Å². The van der Waals surface area contributed by atoms with Crippen LogP contribution in [-0.2, 0) is 0 Å². The van der Waals surface area contributed by atoms with E-state index in [2.05, 4.69) is 11.9 Å². The predicted molar refractivity (Wildman–Crippen MR) is 56.4 cm³/mol. The van der Waals surface area contributed by atoms with Crippen molar-refractivity contribution in [2.24, 2.45) is 28.3 Å². The molecular formula is C10H21N3. The van der Waals surface area contributed by atoms with E-state index < -0.39 is 0 Å². The highest BCUT2D eigenvalue weighted by Gasteiger charge is 2.17. The Kier molecular flexibility index (Phi) is 4.06. The summed E-state index contributed by atoms with van der Waals surface area (Å²) in [5.74, 6) is 2.02. The van der Waals surface area contributed by atoms with Gasteiger partial charge in [-0.1, -0.05) is 32.6 Å². The minimum atomic E-state index is 0.226. The second kappa shape index (κ2) is 5.10.